The zero-order valence-electron chi connectivity index (χ0n) is 19.9. The third kappa shape index (κ3) is 3.68. The summed E-state index contributed by atoms with van der Waals surface area (Å²) in [6, 6.07) is 23.5. The van der Waals surface area contributed by atoms with Crippen LogP contribution in [0.15, 0.2) is 60.7 Å². The summed E-state index contributed by atoms with van der Waals surface area (Å²) in [5.74, 6) is 0. The summed E-state index contributed by atoms with van der Waals surface area (Å²) in [7, 11) is 2.24. The summed E-state index contributed by atoms with van der Waals surface area (Å²) in [5.41, 5.74) is 5.64. The highest BCUT2D eigenvalue weighted by molar-refractivity contribution is 6.22. The third-order valence-corrected chi connectivity index (χ3v) is 7.21. The number of hydrogen-bond donors (Lipinski definition) is 0. The third-order valence-electron chi connectivity index (χ3n) is 7.21. The molecular formula is C31H35N. The van der Waals surface area contributed by atoms with Crippen LogP contribution in [-0.2, 0) is 19.9 Å². The van der Waals surface area contributed by atoms with Gasteiger partial charge in [-0.1, -0.05) is 100 Å². The molecule has 0 spiro atoms. The van der Waals surface area contributed by atoms with Crippen LogP contribution in [0, 0.1) is 0 Å². The molecule has 0 atom stereocenters. The maximum atomic E-state index is 2.43. The lowest BCUT2D eigenvalue weighted by atomic mass is 9.99. The van der Waals surface area contributed by atoms with Gasteiger partial charge in [0, 0.05) is 28.6 Å². The highest BCUT2D eigenvalue weighted by atomic mass is 14.9. The number of rotatable bonds is 8. The van der Waals surface area contributed by atoms with Gasteiger partial charge in [0.15, 0.2) is 0 Å². The first-order valence-electron chi connectivity index (χ1n) is 12.6. The van der Waals surface area contributed by atoms with Crippen LogP contribution in [0.25, 0.3) is 43.4 Å². The lowest BCUT2D eigenvalue weighted by Crippen LogP contribution is -1.91. The first kappa shape index (κ1) is 21.1. The van der Waals surface area contributed by atoms with Gasteiger partial charge in [-0.05, 0) is 47.6 Å². The van der Waals surface area contributed by atoms with Crippen LogP contribution in [0.3, 0.4) is 0 Å². The van der Waals surface area contributed by atoms with E-state index in [0.717, 1.165) is 0 Å². The van der Waals surface area contributed by atoms with Gasteiger partial charge in [-0.25, -0.2) is 0 Å². The molecule has 0 bridgehead atoms. The number of benzene rings is 4. The molecule has 5 aromatic rings. The maximum absolute atomic E-state index is 2.43. The summed E-state index contributed by atoms with van der Waals surface area (Å²) in [6.07, 6.45) is 10.1. The Hall–Kier alpha value is -2.80. The minimum atomic E-state index is 1.18. The van der Waals surface area contributed by atoms with E-state index >= 15 is 0 Å². The Labute approximate surface area is 192 Å². The number of hydrogen-bond acceptors (Lipinski definition) is 0. The molecule has 0 aliphatic heterocycles. The van der Waals surface area contributed by atoms with Crippen molar-refractivity contribution in [3.8, 4) is 0 Å². The molecule has 164 valence electrons. The number of aromatic nitrogens is 1. The predicted molar refractivity (Wildman–Crippen MR) is 142 cm³/mol. The second-order valence-electron chi connectivity index (χ2n) is 9.51. The predicted octanol–water partition coefficient (Wildman–Crippen LogP) is 9.10. The zero-order chi connectivity index (χ0) is 22.1. The van der Waals surface area contributed by atoms with E-state index in [1.54, 1.807) is 0 Å². The molecule has 32 heavy (non-hydrogen) atoms. The summed E-state index contributed by atoms with van der Waals surface area (Å²) in [5, 5.41) is 8.18. The molecular weight excluding hydrogens is 386 g/mol. The van der Waals surface area contributed by atoms with E-state index in [0.29, 0.717) is 0 Å². The fourth-order valence-electron chi connectivity index (χ4n) is 5.46. The normalized spacial score (nSPS) is 12.0. The summed E-state index contributed by atoms with van der Waals surface area (Å²) >= 11 is 0. The summed E-state index contributed by atoms with van der Waals surface area (Å²) in [4.78, 5) is 0. The zero-order valence-corrected chi connectivity index (χ0v) is 19.9. The highest BCUT2D eigenvalue weighted by Crippen LogP contribution is 2.37. The van der Waals surface area contributed by atoms with Crippen molar-refractivity contribution in [3.63, 3.8) is 0 Å². The van der Waals surface area contributed by atoms with Crippen molar-refractivity contribution in [2.24, 2.45) is 7.05 Å². The molecule has 0 radical (unpaired) electrons. The number of unbranched alkanes of at least 4 members (excludes halogenated alkanes) is 4. The van der Waals surface area contributed by atoms with Crippen LogP contribution in [0.5, 0.6) is 0 Å². The van der Waals surface area contributed by atoms with Crippen molar-refractivity contribution in [2.75, 3.05) is 0 Å². The average molecular weight is 422 g/mol. The van der Waals surface area contributed by atoms with E-state index in [4.69, 9.17) is 0 Å². The Bertz CT molecular complexity index is 1300. The Morgan fingerprint density at radius 3 is 1.41 bits per heavy atom. The smallest absolute Gasteiger partial charge is 0.0568 e. The van der Waals surface area contributed by atoms with E-state index in [-0.39, 0.29) is 0 Å². The van der Waals surface area contributed by atoms with E-state index in [1.807, 2.05) is 0 Å². The number of nitrogens with zero attached hydrogens (tertiary/aromatic N) is 1. The van der Waals surface area contributed by atoms with Crippen molar-refractivity contribution in [3.05, 3.63) is 71.8 Å². The van der Waals surface area contributed by atoms with Gasteiger partial charge in [0.05, 0.1) is 11.0 Å². The first-order chi connectivity index (χ1) is 15.7. The number of fused-ring (bicyclic) bond motifs is 7. The molecule has 4 aromatic carbocycles. The highest BCUT2D eigenvalue weighted by Gasteiger charge is 2.14. The lowest BCUT2D eigenvalue weighted by Gasteiger charge is -2.08. The summed E-state index contributed by atoms with van der Waals surface area (Å²) < 4.78 is 2.43. The van der Waals surface area contributed by atoms with Gasteiger partial charge in [-0.3, -0.25) is 0 Å². The van der Waals surface area contributed by atoms with E-state index in [2.05, 4.69) is 86.1 Å². The van der Waals surface area contributed by atoms with Crippen LogP contribution < -0.4 is 0 Å². The molecule has 0 aliphatic rings. The van der Waals surface area contributed by atoms with Crippen LogP contribution in [0.4, 0.5) is 0 Å². The molecule has 0 fully saturated rings. The van der Waals surface area contributed by atoms with Crippen LogP contribution in [0.2, 0.25) is 0 Å². The molecule has 0 N–H and O–H groups in total. The van der Waals surface area contributed by atoms with Crippen molar-refractivity contribution < 1.29 is 0 Å². The topological polar surface area (TPSA) is 4.93 Å². The number of aryl methyl sites for hydroxylation is 3. The Morgan fingerprint density at radius 2 is 0.969 bits per heavy atom. The van der Waals surface area contributed by atoms with Gasteiger partial charge in [-0.15, -0.1) is 0 Å². The van der Waals surface area contributed by atoms with Crippen LogP contribution in [-0.4, -0.2) is 4.57 Å². The standard InChI is InChI=1S/C31H35N/c1-4-6-8-10-22-12-16-26-24(20-22)14-18-28-29-19-15-25-21-23(11-9-7-5-2)13-17-27(25)31(29)32(3)30(26)28/h12-21H,4-11H2,1-3H3. The van der Waals surface area contributed by atoms with Gasteiger partial charge in [0.1, 0.15) is 0 Å². The Morgan fingerprint density at radius 1 is 0.531 bits per heavy atom. The minimum absolute atomic E-state index is 1.18. The molecule has 0 amide bonds. The van der Waals surface area contributed by atoms with Crippen LogP contribution in [0.1, 0.15) is 63.5 Å². The molecule has 1 nitrogen and oxygen atoms in total. The first-order valence-corrected chi connectivity index (χ1v) is 12.6. The van der Waals surface area contributed by atoms with Crippen molar-refractivity contribution in [2.45, 2.75) is 65.2 Å². The van der Waals surface area contributed by atoms with Crippen LogP contribution >= 0.6 is 0 Å². The molecule has 0 unspecified atom stereocenters. The largest absolute Gasteiger partial charge is 0.343 e. The van der Waals surface area contributed by atoms with Crippen molar-refractivity contribution in [1.29, 1.82) is 0 Å². The molecule has 1 heterocycles. The minimum Gasteiger partial charge on any atom is -0.343 e. The SMILES string of the molecule is CCCCCc1ccc2c(ccc3c4ccc5cc(CCCCC)ccc5c4n(C)c23)c1. The Balaban J connectivity index is 1.63. The molecule has 5 rings (SSSR count). The molecule has 0 saturated carbocycles. The van der Waals surface area contributed by atoms with E-state index < -0.39 is 0 Å². The van der Waals surface area contributed by atoms with Gasteiger partial charge in [0.2, 0.25) is 0 Å². The fraction of sp³-hybridized carbons (Fsp3) is 0.355. The van der Waals surface area contributed by atoms with Crippen molar-refractivity contribution >= 4 is 43.4 Å². The fourth-order valence-corrected chi connectivity index (χ4v) is 5.46. The van der Waals surface area contributed by atoms with Gasteiger partial charge < -0.3 is 4.57 Å². The Kier molecular flexibility index (Phi) is 5.91. The van der Waals surface area contributed by atoms with E-state index in [1.165, 1.54) is 106 Å². The molecule has 0 aliphatic carbocycles. The lowest BCUT2D eigenvalue weighted by molar-refractivity contribution is 0.718. The second kappa shape index (κ2) is 8.98. The monoisotopic (exact) mass is 421 g/mol. The van der Waals surface area contributed by atoms with Gasteiger partial charge >= 0.3 is 0 Å². The quantitative estimate of drug-likeness (QED) is 0.220. The van der Waals surface area contributed by atoms with Gasteiger partial charge in [0.25, 0.3) is 0 Å². The summed E-state index contributed by atoms with van der Waals surface area (Å²) in [6.45, 7) is 4.54. The van der Waals surface area contributed by atoms with E-state index in [9.17, 15) is 0 Å². The maximum Gasteiger partial charge on any atom is 0.0568 e. The molecule has 1 aromatic heterocycles. The second-order valence-corrected chi connectivity index (χ2v) is 9.51. The average Bonchev–Trinajstić information content (AvgIpc) is 3.11. The van der Waals surface area contributed by atoms with Gasteiger partial charge in [-0.2, -0.15) is 0 Å². The van der Waals surface area contributed by atoms with Crippen molar-refractivity contribution in [1.82, 2.24) is 4.57 Å². The molecule has 0 saturated heterocycles. The molecule has 1 heteroatoms.